The fourth-order valence-corrected chi connectivity index (χ4v) is 4.96. The van der Waals surface area contributed by atoms with Crippen molar-refractivity contribution in [2.75, 3.05) is 18.6 Å². The van der Waals surface area contributed by atoms with Crippen LogP contribution in [-0.2, 0) is 9.84 Å². The van der Waals surface area contributed by atoms with E-state index < -0.39 is 9.84 Å². The third-order valence-corrected chi connectivity index (χ3v) is 6.09. The lowest BCUT2D eigenvalue weighted by Gasteiger charge is -2.22. The van der Waals surface area contributed by atoms with Crippen LogP contribution in [0.1, 0.15) is 35.6 Å². The molecule has 0 aromatic heterocycles. The number of hydrogen-bond acceptors (Lipinski definition) is 5. The van der Waals surface area contributed by atoms with Gasteiger partial charge in [0.1, 0.15) is 5.75 Å². The first-order valence-corrected chi connectivity index (χ1v) is 9.00. The molecule has 1 heterocycles. The Balaban J connectivity index is 2.20. The summed E-state index contributed by atoms with van der Waals surface area (Å²) in [6.07, 6.45) is 1.47. The summed E-state index contributed by atoms with van der Waals surface area (Å²) in [5.74, 6) is 7.32. The molecule has 21 heavy (non-hydrogen) atoms. The molecule has 1 fully saturated rings. The normalized spacial score (nSPS) is 22.2. The molecule has 0 saturated carbocycles. The average Bonchev–Trinajstić information content (AvgIpc) is 2.77. The average molecular weight is 312 g/mol. The summed E-state index contributed by atoms with van der Waals surface area (Å²) in [7, 11) is -1.19. The Labute approximate surface area is 126 Å². The lowest BCUT2D eigenvalue weighted by molar-refractivity contribution is 0.406. The molecule has 1 saturated heterocycles. The molecule has 2 atom stereocenters. The number of aryl methyl sites for hydroxylation is 2. The Morgan fingerprint density at radius 3 is 2.62 bits per heavy atom. The van der Waals surface area contributed by atoms with Gasteiger partial charge in [-0.1, -0.05) is 6.07 Å². The van der Waals surface area contributed by atoms with Crippen LogP contribution in [-0.4, -0.2) is 27.0 Å². The molecule has 0 aliphatic carbocycles. The van der Waals surface area contributed by atoms with Crippen molar-refractivity contribution in [1.82, 2.24) is 5.43 Å². The van der Waals surface area contributed by atoms with Crippen LogP contribution in [0.25, 0.3) is 0 Å². The van der Waals surface area contributed by atoms with Crippen molar-refractivity contribution in [3.05, 3.63) is 28.8 Å². The molecule has 1 aromatic carbocycles. The molecular weight excluding hydrogens is 288 g/mol. The predicted molar refractivity (Wildman–Crippen MR) is 83.9 cm³/mol. The van der Waals surface area contributed by atoms with Gasteiger partial charge in [0.25, 0.3) is 0 Å². The van der Waals surface area contributed by atoms with Crippen molar-refractivity contribution >= 4 is 9.84 Å². The molecule has 5 nitrogen and oxygen atoms in total. The SMILES string of the molecule is COc1cc(C)c(C(CC2CCS(=O)(=O)C2)NN)cc1C. The first-order chi connectivity index (χ1) is 9.86. The van der Waals surface area contributed by atoms with E-state index in [1.54, 1.807) is 7.11 Å². The van der Waals surface area contributed by atoms with E-state index in [2.05, 4.69) is 11.5 Å². The smallest absolute Gasteiger partial charge is 0.150 e. The third kappa shape index (κ3) is 3.75. The number of sulfone groups is 1. The van der Waals surface area contributed by atoms with Crippen molar-refractivity contribution in [2.24, 2.45) is 11.8 Å². The van der Waals surface area contributed by atoms with Crippen LogP contribution in [0.15, 0.2) is 12.1 Å². The quantitative estimate of drug-likeness (QED) is 0.638. The molecule has 3 N–H and O–H groups in total. The number of hydrazine groups is 1. The lowest BCUT2D eigenvalue weighted by Crippen LogP contribution is -2.30. The highest BCUT2D eigenvalue weighted by Crippen LogP contribution is 2.32. The van der Waals surface area contributed by atoms with E-state index in [9.17, 15) is 8.42 Å². The first kappa shape index (κ1) is 16.3. The van der Waals surface area contributed by atoms with Gasteiger partial charge in [-0.3, -0.25) is 11.3 Å². The second-order valence-electron chi connectivity index (χ2n) is 5.90. The van der Waals surface area contributed by atoms with Gasteiger partial charge in [0.15, 0.2) is 9.84 Å². The fraction of sp³-hybridized carbons (Fsp3) is 0.600. The zero-order chi connectivity index (χ0) is 15.6. The van der Waals surface area contributed by atoms with Gasteiger partial charge in [0, 0.05) is 6.04 Å². The van der Waals surface area contributed by atoms with Gasteiger partial charge in [-0.25, -0.2) is 8.42 Å². The Kier molecular flexibility index (Phi) is 4.91. The molecule has 2 rings (SSSR count). The highest BCUT2D eigenvalue weighted by molar-refractivity contribution is 7.91. The molecule has 6 heteroatoms. The number of hydrogen-bond donors (Lipinski definition) is 2. The zero-order valence-electron chi connectivity index (χ0n) is 12.8. The summed E-state index contributed by atoms with van der Waals surface area (Å²) in [6.45, 7) is 4.02. The molecule has 2 unspecified atom stereocenters. The van der Waals surface area contributed by atoms with Crippen LogP contribution >= 0.6 is 0 Å². The van der Waals surface area contributed by atoms with Gasteiger partial charge in [-0.15, -0.1) is 0 Å². The number of rotatable bonds is 5. The van der Waals surface area contributed by atoms with E-state index in [1.165, 1.54) is 0 Å². The van der Waals surface area contributed by atoms with Crippen LogP contribution in [0.5, 0.6) is 5.75 Å². The van der Waals surface area contributed by atoms with Crippen molar-refractivity contribution in [1.29, 1.82) is 0 Å². The molecule has 0 spiro atoms. The van der Waals surface area contributed by atoms with Crippen LogP contribution in [0.2, 0.25) is 0 Å². The second kappa shape index (κ2) is 6.34. The van der Waals surface area contributed by atoms with E-state index in [0.29, 0.717) is 5.75 Å². The molecule has 0 bridgehead atoms. The Morgan fingerprint density at radius 2 is 2.10 bits per heavy atom. The minimum Gasteiger partial charge on any atom is -0.496 e. The molecule has 0 radical (unpaired) electrons. The summed E-state index contributed by atoms with van der Waals surface area (Å²) >= 11 is 0. The van der Waals surface area contributed by atoms with E-state index in [4.69, 9.17) is 10.6 Å². The second-order valence-corrected chi connectivity index (χ2v) is 8.13. The topological polar surface area (TPSA) is 81.4 Å². The number of methoxy groups -OCH3 is 1. The number of nitrogens with two attached hydrogens (primary N) is 1. The number of ether oxygens (including phenoxy) is 1. The van der Waals surface area contributed by atoms with Crippen molar-refractivity contribution in [3.63, 3.8) is 0 Å². The molecule has 1 aliphatic heterocycles. The van der Waals surface area contributed by atoms with Crippen molar-refractivity contribution in [3.8, 4) is 5.75 Å². The molecule has 0 amide bonds. The summed E-state index contributed by atoms with van der Waals surface area (Å²) in [6, 6.07) is 4.04. The zero-order valence-corrected chi connectivity index (χ0v) is 13.7. The van der Waals surface area contributed by atoms with E-state index in [-0.39, 0.29) is 17.7 Å². The van der Waals surface area contributed by atoms with Crippen LogP contribution in [0.3, 0.4) is 0 Å². The van der Waals surface area contributed by atoms with E-state index in [1.807, 2.05) is 19.9 Å². The highest BCUT2D eigenvalue weighted by atomic mass is 32.2. The van der Waals surface area contributed by atoms with Crippen LogP contribution in [0, 0.1) is 19.8 Å². The van der Waals surface area contributed by atoms with Crippen LogP contribution in [0.4, 0.5) is 0 Å². The molecule has 1 aromatic rings. The monoisotopic (exact) mass is 312 g/mol. The lowest BCUT2D eigenvalue weighted by atomic mass is 9.91. The largest absolute Gasteiger partial charge is 0.496 e. The van der Waals surface area contributed by atoms with Gasteiger partial charge in [-0.2, -0.15) is 0 Å². The van der Waals surface area contributed by atoms with E-state index in [0.717, 1.165) is 35.3 Å². The third-order valence-electron chi connectivity index (χ3n) is 4.26. The Hall–Kier alpha value is -1.11. The summed E-state index contributed by atoms with van der Waals surface area (Å²) in [4.78, 5) is 0. The highest BCUT2D eigenvalue weighted by Gasteiger charge is 2.30. The maximum Gasteiger partial charge on any atom is 0.150 e. The fourth-order valence-electron chi connectivity index (χ4n) is 3.08. The number of nitrogens with one attached hydrogen (secondary N) is 1. The Morgan fingerprint density at radius 1 is 1.38 bits per heavy atom. The summed E-state index contributed by atoms with van der Waals surface area (Å²) in [5, 5.41) is 0. The van der Waals surface area contributed by atoms with Gasteiger partial charge in [0.2, 0.25) is 0 Å². The number of benzene rings is 1. The van der Waals surface area contributed by atoms with Gasteiger partial charge in [-0.05, 0) is 55.4 Å². The summed E-state index contributed by atoms with van der Waals surface area (Å²) in [5.41, 5.74) is 6.11. The van der Waals surface area contributed by atoms with Gasteiger partial charge in [0.05, 0.1) is 18.6 Å². The molecule has 1 aliphatic rings. The maximum absolute atomic E-state index is 11.6. The standard InChI is InChI=1S/C15H24N2O3S/c1-10-7-15(20-3)11(2)6-13(10)14(17-16)8-12-4-5-21(18,19)9-12/h6-7,12,14,17H,4-5,8-9,16H2,1-3H3. The molecule has 118 valence electrons. The first-order valence-electron chi connectivity index (χ1n) is 7.18. The molecular formula is C15H24N2O3S. The van der Waals surface area contributed by atoms with Gasteiger partial charge < -0.3 is 4.74 Å². The van der Waals surface area contributed by atoms with Gasteiger partial charge >= 0.3 is 0 Å². The van der Waals surface area contributed by atoms with E-state index >= 15 is 0 Å². The van der Waals surface area contributed by atoms with Crippen LogP contribution < -0.4 is 16.0 Å². The maximum atomic E-state index is 11.6. The predicted octanol–water partition coefficient (Wildman–Crippen LogP) is 1.64. The van der Waals surface area contributed by atoms with Crippen molar-refractivity contribution in [2.45, 2.75) is 32.7 Å². The Bertz CT molecular complexity index is 614. The summed E-state index contributed by atoms with van der Waals surface area (Å²) < 4.78 is 28.5. The minimum atomic E-state index is -2.85. The minimum absolute atomic E-state index is 0.0343. The van der Waals surface area contributed by atoms with Crippen molar-refractivity contribution < 1.29 is 13.2 Å².